The van der Waals surface area contributed by atoms with Crippen molar-refractivity contribution in [1.82, 2.24) is 14.9 Å². The second-order valence-electron chi connectivity index (χ2n) is 5.66. The predicted molar refractivity (Wildman–Crippen MR) is 91.0 cm³/mol. The molecule has 23 heavy (non-hydrogen) atoms. The molecule has 0 N–H and O–H groups in total. The van der Waals surface area contributed by atoms with Crippen LogP contribution in [0, 0.1) is 6.92 Å². The molecular formula is C17H19ClN4O. The maximum Gasteiger partial charge on any atom is 0.253 e. The van der Waals surface area contributed by atoms with E-state index in [2.05, 4.69) is 14.9 Å². The standard InChI is InChI=1S/C17H19ClN4O/c1-13-11-19-12-16(20-13)21-6-3-7-22(9-8-21)17(23)14-4-2-5-15(18)10-14/h2,4-5,10-12H,3,6-9H2,1H3. The summed E-state index contributed by atoms with van der Waals surface area (Å²) in [4.78, 5) is 25.4. The minimum atomic E-state index is 0.0321. The number of carbonyl (C=O) groups is 1. The number of hydrogen-bond donors (Lipinski definition) is 0. The van der Waals surface area contributed by atoms with Crippen LogP contribution in [0.5, 0.6) is 0 Å². The van der Waals surface area contributed by atoms with E-state index in [9.17, 15) is 4.79 Å². The van der Waals surface area contributed by atoms with Crippen molar-refractivity contribution in [2.75, 3.05) is 31.1 Å². The second kappa shape index (κ2) is 6.96. The number of hydrogen-bond acceptors (Lipinski definition) is 4. The molecule has 0 unspecified atom stereocenters. The van der Waals surface area contributed by atoms with Gasteiger partial charge in [0.2, 0.25) is 0 Å². The quantitative estimate of drug-likeness (QED) is 0.849. The number of anilines is 1. The molecule has 0 radical (unpaired) electrons. The molecule has 1 aromatic carbocycles. The summed E-state index contributed by atoms with van der Waals surface area (Å²) >= 11 is 5.98. The first-order chi connectivity index (χ1) is 11.1. The zero-order chi connectivity index (χ0) is 16.2. The van der Waals surface area contributed by atoms with E-state index in [-0.39, 0.29) is 5.91 Å². The van der Waals surface area contributed by atoms with Gasteiger partial charge >= 0.3 is 0 Å². The van der Waals surface area contributed by atoms with Crippen molar-refractivity contribution in [2.45, 2.75) is 13.3 Å². The van der Waals surface area contributed by atoms with E-state index in [1.165, 1.54) is 0 Å². The number of aryl methyl sites for hydroxylation is 1. The third-order valence-electron chi connectivity index (χ3n) is 3.92. The zero-order valence-corrected chi connectivity index (χ0v) is 13.8. The lowest BCUT2D eigenvalue weighted by molar-refractivity contribution is 0.0767. The summed E-state index contributed by atoms with van der Waals surface area (Å²) in [5, 5.41) is 0.585. The number of rotatable bonds is 2. The Morgan fingerprint density at radius 3 is 2.83 bits per heavy atom. The molecule has 6 heteroatoms. The Kier molecular flexibility index (Phi) is 4.76. The largest absolute Gasteiger partial charge is 0.353 e. The molecule has 2 heterocycles. The van der Waals surface area contributed by atoms with Crippen molar-refractivity contribution in [3.63, 3.8) is 0 Å². The normalized spacial score (nSPS) is 15.4. The summed E-state index contributed by atoms with van der Waals surface area (Å²) < 4.78 is 0. The van der Waals surface area contributed by atoms with Gasteiger partial charge in [-0.3, -0.25) is 9.78 Å². The minimum Gasteiger partial charge on any atom is -0.353 e. The molecule has 0 saturated carbocycles. The van der Waals surface area contributed by atoms with Crippen LogP contribution in [-0.2, 0) is 0 Å². The number of nitrogens with zero attached hydrogens (tertiary/aromatic N) is 4. The highest BCUT2D eigenvalue weighted by molar-refractivity contribution is 6.30. The van der Waals surface area contributed by atoms with Gasteiger partial charge in [-0.15, -0.1) is 0 Å². The van der Waals surface area contributed by atoms with Gasteiger partial charge < -0.3 is 9.80 Å². The molecular weight excluding hydrogens is 312 g/mol. The monoisotopic (exact) mass is 330 g/mol. The number of carbonyl (C=O) groups excluding carboxylic acids is 1. The van der Waals surface area contributed by atoms with Gasteiger partial charge in [-0.05, 0) is 31.5 Å². The molecule has 1 aliphatic rings. The molecule has 0 spiro atoms. The summed E-state index contributed by atoms with van der Waals surface area (Å²) in [6, 6.07) is 7.11. The van der Waals surface area contributed by atoms with Crippen LogP contribution in [0.4, 0.5) is 5.82 Å². The predicted octanol–water partition coefficient (Wildman–Crippen LogP) is 2.79. The lowest BCUT2D eigenvalue weighted by Gasteiger charge is -2.23. The topological polar surface area (TPSA) is 49.3 Å². The van der Waals surface area contributed by atoms with Crippen molar-refractivity contribution in [3.8, 4) is 0 Å². The van der Waals surface area contributed by atoms with E-state index in [4.69, 9.17) is 11.6 Å². The first kappa shape index (κ1) is 15.7. The lowest BCUT2D eigenvalue weighted by atomic mass is 10.2. The fourth-order valence-corrected chi connectivity index (χ4v) is 2.95. The number of halogens is 1. The fraction of sp³-hybridized carbons (Fsp3) is 0.353. The van der Waals surface area contributed by atoms with E-state index in [1.807, 2.05) is 24.0 Å². The van der Waals surface area contributed by atoms with E-state index >= 15 is 0 Å². The smallest absolute Gasteiger partial charge is 0.253 e. The maximum absolute atomic E-state index is 12.6. The molecule has 3 rings (SSSR count). The van der Waals surface area contributed by atoms with Gasteiger partial charge in [0.05, 0.1) is 11.9 Å². The average molecular weight is 331 g/mol. The van der Waals surface area contributed by atoms with E-state index < -0.39 is 0 Å². The van der Waals surface area contributed by atoms with Crippen LogP contribution in [0.15, 0.2) is 36.7 Å². The Bertz CT molecular complexity index is 706. The second-order valence-corrected chi connectivity index (χ2v) is 6.10. The molecule has 1 saturated heterocycles. The van der Waals surface area contributed by atoms with Crippen molar-refractivity contribution in [2.24, 2.45) is 0 Å². The summed E-state index contributed by atoms with van der Waals surface area (Å²) in [6.07, 6.45) is 4.43. The van der Waals surface area contributed by atoms with E-state index in [0.717, 1.165) is 37.6 Å². The molecule has 120 valence electrons. The van der Waals surface area contributed by atoms with Crippen LogP contribution >= 0.6 is 11.6 Å². The van der Waals surface area contributed by atoms with Crippen LogP contribution in [0.1, 0.15) is 22.5 Å². The fourth-order valence-electron chi connectivity index (χ4n) is 2.76. The summed E-state index contributed by atoms with van der Waals surface area (Å²) in [5.41, 5.74) is 1.54. The van der Waals surface area contributed by atoms with Gasteiger partial charge in [-0.2, -0.15) is 0 Å². The maximum atomic E-state index is 12.6. The summed E-state index contributed by atoms with van der Waals surface area (Å²) in [7, 11) is 0. The molecule has 0 atom stereocenters. The minimum absolute atomic E-state index is 0.0321. The van der Waals surface area contributed by atoms with Gasteiger partial charge in [0.25, 0.3) is 5.91 Å². The molecule has 0 aliphatic carbocycles. The SMILES string of the molecule is Cc1cncc(N2CCCN(C(=O)c3cccc(Cl)c3)CC2)n1. The first-order valence-corrected chi connectivity index (χ1v) is 8.10. The molecule has 1 aliphatic heterocycles. The van der Waals surface area contributed by atoms with Crippen LogP contribution < -0.4 is 4.90 Å². The Balaban J connectivity index is 1.70. The Labute approximate surface area is 140 Å². The van der Waals surface area contributed by atoms with Gasteiger partial charge in [-0.25, -0.2) is 4.98 Å². The third-order valence-corrected chi connectivity index (χ3v) is 4.16. The highest BCUT2D eigenvalue weighted by atomic mass is 35.5. The van der Waals surface area contributed by atoms with Gasteiger partial charge in [-0.1, -0.05) is 17.7 Å². The zero-order valence-electron chi connectivity index (χ0n) is 13.1. The average Bonchev–Trinajstić information content (AvgIpc) is 2.80. The van der Waals surface area contributed by atoms with E-state index in [0.29, 0.717) is 17.1 Å². The summed E-state index contributed by atoms with van der Waals surface area (Å²) in [5.74, 6) is 0.909. The highest BCUT2D eigenvalue weighted by Gasteiger charge is 2.21. The lowest BCUT2D eigenvalue weighted by Crippen LogP contribution is -2.35. The Morgan fingerprint density at radius 2 is 2.04 bits per heavy atom. The number of aromatic nitrogens is 2. The van der Waals surface area contributed by atoms with Crippen molar-refractivity contribution < 1.29 is 4.79 Å². The van der Waals surface area contributed by atoms with E-state index in [1.54, 1.807) is 24.5 Å². The number of amides is 1. The van der Waals surface area contributed by atoms with Crippen molar-refractivity contribution in [1.29, 1.82) is 0 Å². The van der Waals surface area contributed by atoms with Crippen LogP contribution in [0.25, 0.3) is 0 Å². The Hall–Kier alpha value is -2.14. The Morgan fingerprint density at radius 1 is 1.17 bits per heavy atom. The number of benzene rings is 1. The molecule has 0 bridgehead atoms. The van der Waals surface area contributed by atoms with Crippen LogP contribution in [0.3, 0.4) is 0 Å². The molecule has 1 amide bonds. The highest BCUT2D eigenvalue weighted by Crippen LogP contribution is 2.16. The van der Waals surface area contributed by atoms with Crippen LogP contribution in [-0.4, -0.2) is 47.0 Å². The molecule has 2 aromatic rings. The third kappa shape index (κ3) is 3.79. The van der Waals surface area contributed by atoms with Gasteiger partial charge in [0.15, 0.2) is 0 Å². The summed E-state index contributed by atoms with van der Waals surface area (Å²) in [6.45, 7) is 4.97. The molecule has 1 fully saturated rings. The van der Waals surface area contributed by atoms with Gasteiger partial charge in [0, 0.05) is 43.0 Å². The molecule has 1 aromatic heterocycles. The van der Waals surface area contributed by atoms with Crippen molar-refractivity contribution >= 4 is 23.3 Å². The van der Waals surface area contributed by atoms with Crippen molar-refractivity contribution in [3.05, 3.63) is 52.9 Å². The first-order valence-electron chi connectivity index (χ1n) is 7.72. The van der Waals surface area contributed by atoms with Crippen LogP contribution in [0.2, 0.25) is 5.02 Å². The molecule has 5 nitrogen and oxygen atoms in total. The van der Waals surface area contributed by atoms with Gasteiger partial charge in [0.1, 0.15) is 5.82 Å².